The Morgan fingerprint density at radius 1 is 1.25 bits per heavy atom. The van der Waals surface area contributed by atoms with Gasteiger partial charge in [0.05, 0.1) is 12.0 Å². The number of hydrogen-bond acceptors (Lipinski definition) is 4. The third-order valence-electron chi connectivity index (χ3n) is 3.30. The van der Waals surface area contributed by atoms with Crippen LogP contribution in [0.5, 0.6) is 0 Å². The summed E-state index contributed by atoms with van der Waals surface area (Å²) in [5.41, 5.74) is 0. The molecule has 0 saturated carbocycles. The second kappa shape index (κ2) is 6.23. The minimum absolute atomic E-state index is 0.152. The molecule has 6 nitrogen and oxygen atoms in total. The largest absolute Gasteiger partial charge is 0.453 e. The zero-order valence-corrected chi connectivity index (χ0v) is 12.1. The van der Waals surface area contributed by atoms with Crippen molar-refractivity contribution in [1.29, 1.82) is 0 Å². The first-order valence-corrected chi connectivity index (χ1v) is 7.91. The number of hydrogen-bond donors (Lipinski definition) is 1. The molecule has 1 fully saturated rings. The van der Waals surface area contributed by atoms with Crippen molar-refractivity contribution < 1.29 is 17.9 Å². The van der Waals surface area contributed by atoms with Gasteiger partial charge in [0.2, 0.25) is 10.0 Å². The number of benzene rings is 1. The second-order valence-electron chi connectivity index (χ2n) is 4.67. The topological polar surface area (TPSA) is 75.7 Å². The molecule has 1 aromatic rings. The Balaban J connectivity index is 1.94. The number of ether oxygens (including phenoxy) is 1. The van der Waals surface area contributed by atoms with E-state index in [1.54, 1.807) is 35.2 Å². The van der Waals surface area contributed by atoms with Gasteiger partial charge in [0.25, 0.3) is 0 Å². The summed E-state index contributed by atoms with van der Waals surface area (Å²) in [6.07, 6.45) is 0.803. The number of sulfonamides is 1. The molecule has 1 aromatic carbocycles. The van der Waals surface area contributed by atoms with Crippen LogP contribution in [-0.2, 0) is 14.8 Å². The second-order valence-corrected chi connectivity index (χ2v) is 6.38. The number of amides is 1. The van der Waals surface area contributed by atoms with Gasteiger partial charge in [-0.3, -0.25) is 0 Å². The van der Waals surface area contributed by atoms with E-state index in [0.717, 1.165) is 0 Å². The number of rotatable bonds is 3. The molecular formula is C13H18N2O4S. The first-order chi connectivity index (χ1) is 9.53. The van der Waals surface area contributed by atoms with E-state index in [-0.39, 0.29) is 17.0 Å². The normalized spacial score (nSPS) is 16.9. The molecule has 1 N–H and O–H groups in total. The Morgan fingerprint density at radius 2 is 1.85 bits per heavy atom. The van der Waals surface area contributed by atoms with E-state index in [4.69, 9.17) is 0 Å². The van der Waals surface area contributed by atoms with E-state index in [9.17, 15) is 13.2 Å². The highest BCUT2D eigenvalue weighted by Crippen LogP contribution is 2.15. The molecule has 1 saturated heterocycles. The van der Waals surface area contributed by atoms with Crippen molar-refractivity contribution in [2.75, 3.05) is 20.2 Å². The van der Waals surface area contributed by atoms with Crippen LogP contribution in [0, 0.1) is 0 Å². The Labute approximate surface area is 118 Å². The Kier molecular flexibility index (Phi) is 4.61. The van der Waals surface area contributed by atoms with Crippen molar-refractivity contribution >= 4 is 16.1 Å². The summed E-state index contributed by atoms with van der Waals surface area (Å²) in [5, 5.41) is 0. The molecule has 0 bridgehead atoms. The van der Waals surface area contributed by atoms with E-state index < -0.39 is 10.0 Å². The molecule has 7 heteroatoms. The fourth-order valence-corrected chi connectivity index (χ4v) is 3.52. The molecule has 0 unspecified atom stereocenters. The van der Waals surface area contributed by atoms with Crippen LogP contribution in [0.2, 0.25) is 0 Å². The fraction of sp³-hybridized carbons (Fsp3) is 0.462. The molecule has 110 valence electrons. The number of nitrogens with one attached hydrogen (secondary N) is 1. The quantitative estimate of drug-likeness (QED) is 0.909. The zero-order chi connectivity index (χ0) is 14.6. The molecule has 0 atom stereocenters. The highest BCUT2D eigenvalue weighted by atomic mass is 32.2. The number of methoxy groups -OCH3 is 1. The Bertz CT molecular complexity index is 551. The predicted octanol–water partition coefficient (Wildman–Crippen LogP) is 1.20. The van der Waals surface area contributed by atoms with E-state index in [0.29, 0.717) is 25.9 Å². The maximum absolute atomic E-state index is 12.2. The lowest BCUT2D eigenvalue weighted by molar-refractivity contribution is 0.111. The van der Waals surface area contributed by atoms with Gasteiger partial charge in [-0.25, -0.2) is 17.9 Å². The molecule has 0 aliphatic carbocycles. The molecule has 1 heterocycles. The van der Waals surface area contributed by atoms with E-state index in [1.807, 2.05) is 0 Å². The van der Waals surface area contributed by atoms with E-state index in [2.05, 4.69) is 9.46 Å². The summed E-state index contributed by atoms with van der Waals surface area (Å²) < 4.78 is 31.6. The summed E-state index contributed by atoms with van der Waals surface area (Å²) in [5.74, 6) is 0. The third kappa shape index (κ3) is 3.49. The third-order valence-corrected chi connectivity index (χ3v) is 4.84. The van der Waals surface area contributed by atoms with Gasteiger partial charge in [0, 0.05) is 19.1 Å². The lowest BCUT2D eigenvalue weighted by atomic mass is 10.1. The smallest absolute Gasteiger partial charge is 0.409 e. The van der Waals surface area contributed by atoms with Gasteiger partial charge in [-0.1, -0.05) is 18.2 Å². The number of carbonyl (C=O) groups excluding carboxylic acids is 1. The maximum atomic E-state index is 12.2. The summed E-state index contributed by atoms with van der Waals surface area (Å²) in [4.78, 5) is 13.2. The maximum Gasteiger partial charge on any atom is 0.409 e. The molecule has 1 aliphatic rings. The number of nitrogens with zero attached hydrogens (tertiary/aromatic N) is 1. The zero-order valence-electron chi connectivity index (χ0n) is 11.3. The summed E-state index contributed by atoms with van der Waals surface area (Å²) in [6, 6.07) is 8.12. The molecule has 1 amide bonds. The fourth-order valence-electron chi connectivity index (χ4n) is 2.20. The van der Waals surface area contributed by atoms with Crippen molar-refractivity contribution in [1.82, 2.24) is 9.62 Å². The van der Waals surface area contributed by atoms with Crippen molar-refractivity contribution in [3.63, 3.8) is 0 Å². The first-order valence-electron chi connectivity index (χ1n) is 6.43. The molecule has 2 rings (SSSR count). The number of piperidine rings is 1. The van der Waals surface area contributed by atoms with Crippen LogP contribution in [0.15, 0.2) is 35.2 Å². The van der Waals surface area contributed by atoms with Gasteiger partial charge >= 0.3 is 6.09 Å². The van der Waals surface area contributed by atoms with Crippen LogP contribution in [0.1, 0.15) is 12.8 Å². The summed E-state index contributed by atoms with van der Waals surface area (Å²) >= 11 is 0. The average Bonchev–Trinajstić information content (AvgIpc) is 2.48. The Hall–Kier alpha value is -1.60. The highest BCUT2D eigenvalue weighted by Gasteiger charge is 2.26. The van der Waals surface area contributed by atoms with Gasteiger partial charge in [0.1, 0.15) is 0 Å². The van der Waals surface area contributed by atoms with Crippen LogP contribution in [-0.4, -0.2) is 45.7 Å². The number of likely N-dealkylation sites (tertiary alicyclic amines) is 1. The van der Waals surface area contributed by atoms with Gasteiger partial charge in [-0.05, 0) is 25.0 Å². The van der Waals surface area contributed by atoms with Crippen LogP contribution < -0.4 is 4.72 Å². The lowest BCUT2D eigenvalue weighted by Gasteiger charge is -2.31. The average molecular weight is 298 g/mol. The van der Waals surface area contributed by atoms with Crippen molar-refractivity contribution in [3.8, 4) is 0 Å². The highest BCUT2D eigenvalue weighted by molar-refractivity contribution is 7.89. The molecular weight excluding hydrogens is 280 g/mol. The monoisotopic (exact) mass is 298 g/mol. The first kappa shape index (κ1) is 14.8. The van der Waals surface area contributed by atoms with Crippen LogP contribution in [0.25, 0.3) is 0 Å². The summed E-state index contributed by atoms with van der Waals surface area (Å²) in [6.45, 7) is 0.989. The van der Waals surface area contributed by atoms with Gasteiger partial charge in [0.15, 0.2) is 0 Å². The van der Waals surface area contributed by atoms with E-state index in [1.165, 1.54) is 7.11 Å². The molecule has 1 aliphatic heterocycles. The van der Waals surface area contributed by atoms with Gasteiger partial charge in [-0.2, -0.15) is 0 Å². The van der Waals surface area contributed by atoms with E-state index >= 15 is 0 Å². The lowest BCUT2D eigenvalue weighted by Crippen LogP contribution is -2.46. The molecule has 20 heavy (non-hydrogen) atoms. The van der Waals surface area contributed by atoms with Crippen molar-refractivity contribution in [2.24, 2.45) is 0 Å². The van der Waals surface area contributed by atoms with Gasteiger partial charge in [-0.15, -0.1) is 0 Å². The standard InChI is InChI=1S/C13H18N2O4S/c1-19-13(16)15-9-7-11(8-10-15)14-20(17,18)12-5-3-2-4-6-12/h2-6,11,14H,7-10H2,1H3. The van der Waals surface area contributed by atoms with Crippen LogP contribution in [0.3, 0.4) is 0 Å². The minimum atomic E-state index is -3.49. The molecule has 0 radical (unpaired) electrons. The van der Waals surface area contributed by atoms with Crippen LogP contribution in [0.4, 0.5) is 4.79 Å². The predicted molar refractivity (Wildman–Crippen MR) is 73.8 cm³/mol. The van der Waals surface area contributed by atoms with Crippen LogP contribution >= 0.6 is 0 Å². The molecule has 0 spiro atoms. The molecule has 0 aromatic heterocycles. The number of carbonyl (C=O) groups is 1. The van der Waals surface area contributed by atoms with Crippen molar-refractivity contribution in [2.45, 2.75) is 23.8 Å². The van der Waals surface area contributed by atoms with Crippen molar-refractivity contribution in [3.05, 3.63) is 30.3 Å². The summed E-state index contributed by atoms with van der Waals surface area (Å²) in [7, 11) is -2.15. The van der Waals surface area contributed by atoms with Gasteiger partial charge < -0.3 is 9.64 Å². The SMILES string of the molecule is COC(=O)N1CCC(NS(=O)(=O)c2ccccc2)CC1. The Morgan fingerprint density at radius 3 is 2.40 bits per heavy atom. The minimum Gasteiger partial charge on any atom is -0.453 e.